The maximum atomic E-state index is 10.3. The van der Waals surface area contributed by atoms with Crippen molar-refractivity contribution in [1.82, 2.24) is 0 Å². The van der Waals surface area contributed by atoms with Gasteiger partial charge in [-0.05, 0) is 6.42 Å². The van der Waals surface area contributed by atoms with E-state index >= 15 is 0 Å². The van der Waals surface area contributed by atoms with Crippen molar-refractivity contribution in [3.8, 4) is 0 Å². The van der Waals surface area contributed by atoms with Gasteiger partial charge in [0.15, 0.2) is 6.29 Å². The van der Waals surface area contributed by atoms with E-state index in [2.05, 4.69) is 0 Å². The molecule has 0 saturated carbocycles. The Morgan fingerprint density at radius 2 is 1.62 bits per heavy atom. The highest BCUT2D eigenvalue weighted by atomic mass is 16.7. The highest BCUT2D eigenvalue weighted by Crippen LogP contribution is 2.29. The molecule has 0 aliphatic carbocycles. The molecule has 0 radical (unpaired) electrons. The molecule has 0 spiro atoms. The van der Waals surface area contributed by atoms with E-state index in [0.29, 0.717) is 0 Å². The summed E-state index contributed by atoms with van der Waals surface area (Å²) in [5, 5.41) is 67.2. The number of aliphatic hydroxyl groups excluding tert-OH is 6. The van der Waals surface area contributed by atoms with Crippen molar-refractivity contribution in [3.05, 3.63) is 0 Å². The van der Waals surface area contributed by atoms with Gasteiger partial charge >= 0.3 is 0 Å². The third kappa shape index (κ3) is 4.41. The molecule has 10 heteroatoms. The quantitative estimate of drug-likeness (QED) is 0.252. The molecule has 142 valence electrons. The molecule has 0 aromatic carbocycles. The summed E-state index contributed by atoms with van der Waals surface area (Å²) in [7, 11) is 0. The van der Waals surface area contributed by atoms with E-state index in [-0.39, 0.29) is 26.1 Å². The topological polar surface area (TPSA) is 169 Å². The van der Waals surface area contributed by atoms with Gasteiger partial charge in [-0.3, -0.25) is 0 Å². The van der Waals surface area contributed by atoms with E-state index in [1.807, 2.05) is 0 Å². The SMILES string of the molecule is OCC1OC(O)C(O)C[C@H]1COCC1(O)OC(CO)[C@H](O)C[C@H]1O. The van der Waals surface area contributed by atoms with Gasteiger partial charge in [0.25, 0.3) is 0 Å². The molecule has 2 fully saturated rings. The first kappa shape index (κ1) is 19.9. The molecule has 0 aromatic heterocycles. The Morgan fingerprint density at radius 1 is 0.958 bits per heavy atom. The summed E-state index contributed by atoms with van der Waals surface area (Å²) >= 11 is 0. The molecule has 24 heavy (non-hydrogen) atoms. The van der Waals surface area contributed by atoms with Crippen molar-refractivity contribution in [3.63, 3.8) is 0 Å². The van der Waals surface area contributed by atoms with Gasteiger partial charge in [-0.1, -0.05) is 0 Å². The lowest BCUT2D eigenvalue weighted by atomic mass is 9.93. The van der Waals surface area contributed by atoms with Crippen LogP contribution in [0.2, 0.25) is 0 Å². The van der Waals surface area contributed by atoms with E-state index in [9.17, 15) is 30.6 Å². The predicted octanol–water partition coefficient (Wildman–Crippen LogP) is -3.73. The summed E-state index contributed by atoms with van der Waals surface area (Å²) in [4.78, 5) is 0. The number of ether oxygens (including phenoxy) is 3. The molecule has 5 unspecified atom stereocenters. The first-order chi connectivity index (χ1) is 11.3. The van der Waals surface area contributed by atoms with Crippen LogP contribution in [0.5, 0.6) is 0 Å². The number of hydrogen-bond donors (Lipinski definition) is 7. The zero-order valence-electron chi connectivity index (χ0n) is 13.1. The molecule has 0 aromatic rings. The van der Waals surface area contributed by atoms with Crippen LogP contribution in [-0.2, 0) is 14.2 Å². The minimum atomic E-state index is -2.09. The minimum absolute atomic E-state index is 0.0280. The van der Waals surface area contributed by atoms with Crippen molar-refractivity contribution in [2.45, 2.75) is 55.4 Å². The summed E-state index contributed by atoms with van der Waals surface area (Å²) < 4.78 is 15.6. The van der Waals surface area contributed by atoms with Crippen LogP contribution in [0.1, 0.15) is 12.8 Å². The van der Waals surface area contributed by atoms with Crippen LogP contribution >= 0.6 is 0 Å². The summed E-state index contributed by atoms with van der Waals surface area (Å²) in [6, 6.07) is 0. The molecule has 2 aliphatic rings. The molecule has 2 heterocycles. The highest BCUT2D eigenvalue weighted by molar-refractivity contribution is 4.89. The fourth-order valence-electron chi connectivity index (χ4n) is 2.96. The van der Waals surface area contributed by atoms with Crippen molar-refractivity contribution in [1.29, 1.82) is 0 Å². The van der Waals surface area contributed by atoms with Crippen LogP contribution in [-0.4, -0.2) is 105 Å². The molecule has 10 nitrogen and oxygen atoms in total. The Kier molecular flexibility index (Phi) is 6.90. The van der Waals surface area contributed by atoms with E-state index in [0.717, 1.165) is 0 Å². The van der Waals surface area contributed by atoms with E-state index < -0.39 is 61.7 Å². The van der Waals surface area contributed by atoms with Crippen LogP contribution in [0.15, 0.2) is 0 Å². The van der Waals surface area contributed by atoms with Gasteiger partial charge in [0, 0.05) is 12.3 Å². The highest BCUT2D eigenvalue weighted by Gasteiger charge is 2.47. The summed E-state index contributed by atoms with van der Waals surface area (Å²) in [5.41, 5.74) is 0. The standard InChI is InChI=1S/C14H26O10/c15-3-10-7(1-9(18)13(20)23-10)5-22-6-14(21)12(19)2-8(17)11(4-16)24-14/h7-13,15-21H,1-6H2/t7-,8+,9?,10?,11?,12+,13?,14?/m0/s1. The molecule has 2 saturated heterocycles. The second kappa shape index (κ2) is 8.32. The van der Waals surface area contributed by atoms with Crippen molar-refractivity contribution < 1.29 is 50.0 Å². The largest absolute Gasteiger partial charge is 0.394 e. The molecule has 7 N–H and O–H groups in total. The molecule has 8 atom stereocenters. The number of aliphatic hydroxyl groups is 7. The van der Waals surface area contributed by atoms with E-state index in [1.165, 1.54) is 0 Å². The van der Waals surface area contributed by atoms with Gasteiger partial charge in [-0.25, -0.2) is 0 Å². The normalized spacial score (nSPS) is 46.9. The Balaban J connectivity index is 1.87. The second-order valence-electron chi connectivity index (χ2n) is 6.33. The van der Waals surface area contributed by atoms with Crippen LogP contribution in [0.4, 0.5) is 0 Å². The fourth-order valence-corrected chi connectivity index (χ4v) is 2.96. The lowest BCUT2D eigenvalue weighted by Crippen LogP contribution is -2.60. The lowest BCUT2D eigenvalue weighted by molar-refractivity contribution is -0.339. The summed E-state index contributed by atoms with van der Waals surface area (Å²) in [5.74, 6) is -2.52. The first-order valence-electron chi connectivity index (χ1n) is 7.88. The Morgan fingerprint density at radius 3 is 2.25 bits per heavy atom. The van der Waals surface area contributed by atoms with Crippen LogP contribution in [0.25, 0.3) is 0 Å². The lowest BCUT2D eigenvalue weighted by Gasteiger charge is -2.43. The molecule has 0 amide bonds. The summed E-state index contributed by atoms with van der Waals surface area (Å²) in [6.45, 7) is -1.37. The third-order valence-electron chi connectivity index (χ3n) is 4.48. The van der Waals surface area contributed by atoms with Gasteiger partial charge in [-0.2, -0.15) is 0 Å². The van der Waals surface area contributed by atoms with Gasteiger partial charge in [0.1, 0.15) is 24.9 Å². The Hall–Kier alpha value is -0.400. The number of hydrogen-bond acceptors (Lipinski definition) is 10. The molecule has 2 rings (SSSR count). The zero-order valence-corrected chi connectivity index (χ0v) is 13.1. The fraction of sp³-hybridized carbons (Fsp3) is 1.00. The molecule has 0 bridgehead atoms. The van der Waals surface area contributed by atoms with Crippen LogP contribution in [0.3, 0.4) is 0 Å². The Labute approximate surface area is 138 Å². The van der Waals surface area contributed by atoms with Crippen molar-refractivity contribution in [2.75, 3.05) is 26.4 Å². The van der Waals surface area contributed by atoms with Gasteiger partial charge in [-0.15, -0.1) is 0 Å². The van der Waals surface area contributed by atoms with Gasteiger partial charge < -0.3 is 50.0 Å². The van der Waals surface area contributed by atoms with Crippen molar-refractivity contribution in [2.24, 2.45) is 5.92 Å². The van der Waals surface area contributed by atoms with E-state index in [1.54, 1.807) is 0 Å². The predicted molar refractivity (Wildman–Crippen MR) is 76.4 cm³/mol. The Bertz CT molecular complexity index is 396. The smallest absolute Gasteiger partial charge is 0.216 e. The number of rotatable bonds is 6. The average molecular weight is 354 g/mol. The van der Waals surface area contributed by atoms with Crippen molar-refractivity contribution >= 4 is 0 Å². The maximum absolute atomic E-state index is 10.3. The van der Waals surface area contributed by atoms with E-state index in [4.69, 9.17) is 19.3 Å². The average Bonchev–Trinajstić information content (AvgIpc) is 2.54. The van der Waals surface area contributed by atoms with Gasteiger partial charge in [0.2, 0.25) is 5.79 Å². The minimum Gasteiger partial charge on any atom is -0.394 e. The maximum Gasteiger partial charge on any atom is 0.216 e. The monoisotopic (exact) mass is 354 g/mol. The second-order valence-corrected chi connectivity index (χ2v) is 6.33. The van der Waals surface area contributed by atoms with Crippen LogP contribution in [0, 0.1) is 5.92 Å². The van der Waals surface area contributed by atoms with Crippen LogP contribution < -0.4 is 0 Å². The molecule has 2 aliphatic heterocycles. The zero-order chi connectivity index (χ0) is 17.9. The molecular weight excluding hydrogens is 328 g/mol. The third-order valence-corrected chi connectivity index (χ3v) is 4.48. The van der Waals surface area contributed by atoms with Gasteiger partial charge in [0.05, 0.1) is 32.0 Å². The first-order valence-corrected chi connectivity index (χ1v) is 7.88. The molecular formula is C14H26O10. The summed E-state index contributed by atoms with van der Waals surface area (Å²) in [6.07, 6.45) is -6.82.